The third-order valence-corrected chi connectivity index (χ3v) is 2.22. The average Bonchev–Trinajstić information content (AvgIpc) is 2.49. The molecule has 1 aromatic heterocycles. The van der Waals surface area contributed by atoms with Gasteiger partial charge in [-0.3, -0.25) is 4.79 Å². The van der Waals surface area contributed by atoms with E-state index in [4.69, 9.17) is 0 Å². The smallest absolute Gasteiger partial charge is 0.185 e. The van der Waals surface area contributed by atoms with Crippen molar-refractivity contribution >= 4 is 6.29 Å². The molecule has 0 spiro atoms. The summed E-state index contributed by atoms with van der Waals surface area (Å²) in [6.45, 7) is 0.792. The lowest BCUT2D eigenvalue weighted by molar-refractivity contribution is 0.110. The van der Waals surface area contributed by atoms with Crippen LogP contribution in [0.2, 0.25) is 0 Å². The minimum absolute atomic E-state index is 0.420. The number of hydrogen-bond donors (Lipinski definition) is 1. The van der Waals surface area contributed by atoms with Gasteiger partial charge in [-0.1, -0.05) is 0 Å². The number of aromatic nitrogens is 2. The first-order chi connectivity index (χ1) is 5.83. The fourth-order valence-corrected chi connectivity index (χ4v) is 1.60. The number of aldehydes is 1. The largest absolute Gasteiger partial charge is 0.387 e. The molecule has 64 valence electrons. The quantitative estimate of drug-likeness (QED) is 0.619. The number of aliphatic hydroxyl groups excluding tert-OH is 1. The lowest BCUT2D eigenvalue weighted by Gasteiger charge is -2.19. The van der Waals surface area contributed by atoms with E-state index in [1.165, 1.54) is 0 Å². The van der Waals surface area contributed by atoms with E-state index in [9.17, 15) is 9.90 Å². The molecule has 2 heterocycles. The molecule has 4 heteroatoms. The molecule has 1 atom stereocenters. The molecule has 0 bridgehead atoms. The summed E-state index contributed by atoms with van der Waals surface area (Å²) in [5, 5.41) is 9.49. The Balaban J connectivity index is 2.47. The molecule has 0 radical (unpaired) electrons. The maximum Gasteiger partial charge on any atom is 0.185 e. The molecule has 12 heavy (non-hydrogen) atoms. The first-order valence-electron chi connectivity index (χ1n) is 4.01. The van der Waals surface area contributed by atoms with Crippen LogP contribution in [0.25, 0.3) is 0 Å². The zero-order valence-corrected chi connectivity index (χ0v) is 6.60. The standard InChI is InChI=1S/C8H10N2O2/c11-5-8-9-4-6-7(12)2-1-3-10(6)8/h4-5,7,12H,1-3H2. The molecule has 0 fully saturated rings. The highest BCUT2D eigenvalue weighted by atomic mass is 16.3. The molecule has 0 amide bonds. The Morgan fingerprint density at radius 1 is 1.75 bits per heavy atom. The van der Waals surface area contributed by atoms with Gasteiger partial charge < -0.3 is 9.67 Å². The fraction of sp³-hybridized carbons (Fsp3) is 0.500. The van der Waals surface area contributed by atoms with Crippen molar-refractivity contribution in [1.29, 1.82) is 0 Å². The van der Waals surface area contributed by atoms with Crippen molar-refractivity contribution in [1.82, 2.24) is 9.55 Å². The van der Waals surface area contributed by atoms with Gasteiger partial charge in [0.2, 0.25) is 0 Å². The Morgan fingerprint density at radius 3 is 3.33 bits per heavy atom. The van der Waals surface area contributed by atoms with E-state index in [0.29, 0.717) is 5.82 Å². The molecule has 1 aromatic rings. The number of aliphatic hydroxyl groups is 1. The van der Waals surface area contributed by atoms with Gasteiger partial charge >= 0.3 is 0 Å². The number of rotatable bonds is 1. The van der Waals surface area contributed by atoms with Gasteiger partial charge in [0.15, 0.2) is 12.1 Å². The van der Waals surface area contributed by atoms with Crippen LogP contribution in [0.4, 0.5) is 0 Å². The molecule has 0 saturated carbocycles. The van der Waals surface area contributed by atoms with E-state index < -0.39 is 6.10 Å². The van der Waals surface area contributed by atoms with E-state index in [0.717, 1.165) is 31.4 Å². The minimum Gasteiger partial charge on any atom is -0.387 e. The van der Waals surface area contributed by atoms with Gasteiger partial charge in [0.25, 0.3) is 0 Å². The van der Waals surface area contributed by atoms with E-state index in [1.807, 2.05) is 0 Å². The molecule has 0 aromatic carbocycles. The molecule has 1 unspecified atom stereocenters. The van der Waals surface area contributed by atoms with Crippen LogP contribution in [0.1, 0.15) is 35.3 Å². The van der Waals surface area contributed by atoms with Crippen LogP contribution in [0.5, 0.6) is 0 Å². The summed E-state index contributed by atoms with van der Waals surface area (Å²) in [5.74, 6) is 0.420. The molecule has 1 aliphatic rings. The van der Waals surface area contributed by atoms with Crippen LogP contribution < -0.4 is 0 Å². The average molecular weight is 166 g/mol. The first-order valence-corrected chi connectivity index (χ1v) is 4.01. The highest BCUT2D eigenvalue weighted by Crippen LogP contribution is 2.24. The van der Waals surface area contributed by atoms with E-state index >= 15 is 0 Å². The second kappa shape index (κ2) is 2.71. The SMILES string of the molecule is O=Cc1ncc2n1CCCC2O. The topological polar surface area (TPSA) is 55.1 Å². The summed E-state index contributed by atoms with van der Waals surface area (Å²) in [6, 6.07) is 0. The van der Waals surface area contributed by atoms with Gasteiger partial charge in [-0.25, -0.2) is 4.98 Å². The van der Waals surface area contributed by atoms with Gasteiger partial charge in [0.1, 0.15) is 0 Å². The number of hydrogen-bond acceptors (Lipinski definition) is 3. The van der Waals surface area contributed by atoms with Gasteiger partial charge in [-0.2, -0.15) is 0 Å². The third kappa shape index (κ3) is 0.956. The molecule has 0 aliphatic carbocycles. The Bertz CT molecular complexity index is 306. The van der Waals surface area contributed by atoms with Crippen molar-refractivity contribution < 1.29 is 9.90 Å². The second-order valence-electron chi connectivity index (χ2n) is 2.97. The molecular weight excluding hydrogens is 156 g/mol. The summed E-state index contributed by atoms with van der Waals surface area (Å²) in [6.07, 6.45) is 3.53. The van der Waals surface area contributed by atoms with Crippen molar-refractivity contribution in [3.63, 3.8) is 0 Å². The van der Waals surface area contributed by atoms with Crippen LogP contribution in [0.3, 0.4) is 0 Å². The van der Waals surface area contributed by atoms with Gasteiger partial charge in [0.05, 0.1) is 18.0 Å². The van der Waals surface area contributed by atoms with E-state index in [2.05, 4.69) is 4.98 Å². The summed E-state index contributed by atoms with van der Waals surface area (Å²) in [7, 11) is 0. The second-order valence-corrected chi connectivity index (χ2v) is 2.97. The summed E-state index contributed by atoms with van der Waals surface area (Å²) >= 11 is 0. The zero-order valence-electron chi connectivity index (χ0n) is 6.60. The van der Waals surface area contributed by atoms with Crippen LogP contribution in [-0.2, 0) is 6.54 Å². The first kappa shape index (κ1) is 7.49. The number of carbonyl (C=O) groups excluding carboxylic acids is 1. The molecule has 2 rings (SSSR count). The molecular formula is C8H10N2O2. The Hall–Kier alpha value is -1.16. The third-order valence-electron chi connectivity index (χ3n) is 2.22. The van der Waals surface area contributed by atoms with E-state index in [-0.39, 0.29) is 0 Å². The van der Waals surface area contributed by atoms with Gasteiger partial charge in [0, 0.05) is 6.54 Å². The van der Waals surface area contributed by atoms with Crippen molar-refractivity contribution in [3.05, 3.63) is 17.7 Å². The van der Waals surface area contributed by atoms with Gasteiger partial charge in [-0.05, 0) is 12.8 Å². The molecule has 4 nitrogen and oxygen atoms in total. The van der Waals surface area contributed by atoms with Crippen LogP contribution in [-0.4, -0.2) is 20.9 Å². The normalized spacial score (nSPS) is 21.9. The summed E-state index contributed by atoms with van der Waals surface area (Å²) < 4.78 is 1.78. The Kier molecular flexibility index (Phi) is 1.69. The molecule has 1 N–H and O–H groups in total. The lowest BCUT2D eigenvalue weighted by atomic mass is 10.1. The summed E-state index contributed by atoms with van der Waals surface area (Å²) in [4.78, 5) is 14.4. The predicted molar refractivity (Wildman–Crippen MR) is 41.8 cm³/mol. The highest BCUT2D eigenvalue weighted by Gasteiger charge is 2.20. The van der Waals surface area contributed by atoms with Crippen molar-refractivity contribution in [3.8, 4) is 0 Å². The molecule has 0 saturated heterocycles. The monoisotopic (exact) mass is 166 g/mol. The number of fused-ring (bicyclic) bond motifs is 1. The van der Waals surface area contributed by atoms with Crippen LogP contribution in [0, 0.1) is 0 Å². The number of imidazole rings is 1. The molecule has 1 aliphatic heterocycles. The number of carbonyl (C=O) groups is 1. The summed E-state index contributed by atoms with van der Waals surface area (Å²) in [5.41, 5.74) is 0.767. The Labute approximate surface area is 69.8 Å². The van der Waals surface area contributed by atoms with Crippen molar-refractivity contribution in [2.24, 2.45) is 0 Å². The van der Waals surface area contributed by atoms with Crippen LogP contribution >= 0.6 is 0 Å². The number of nitrogens with zero attached hydrogens (tertiary/aromatic N) is 2. The van der Waals surface area contributed by atoms with E-state index in [1.54, 1.807) is 10.8 Å². The maximum atomic E-state index is 10.5. The fourth-order valence-electron chi connectivity index (χ4n) is 1.60. The zero-order chi connectivity index (χ0) is 8.55. The minimum atomic E-state index is -0.444. The van der Waals surface area contributed by atoms with Crippen molar-refractivity contribution in [2.45, 2.75) is 25.5 Å². The predicted octanol–water partition coefficient (Wildman–Crippen LogP) is 0.523. The lowest BCUT2D eigenvalue weighted by Crippen LogP contribution is -2.16. The van der Waals surface area contributed by atoms with Gasteiger partial charge in [-0.15, -0.1) is 0 Å². The highest BCUT2D eigenvalue weighted by molar-refractivity contribution is 5.69. The Morgan fingerprint density at radius 2 is 2.58 bits per heavy atom. The maximum absolute atomic E-state index is 10.5. The van der Waals surface area contributed by atoms with Crippen LogP contribution in [0.15, 0.2) is 6.20 Å². The van der Waals surface area contributed by atoms with Crippen molar-refractivity contribution in [2.75, 3.05) is 0 Å².